The summed E-state index contributed by atoms with van der Waals surface area (Å²) < 4.78 is 5.44. The first-order valence-corrected chi connectivity index (χ1v) is 7.46. The molecule has 3 aromatic rings. The van der Waals surface area contributed by atoms with Gasteiger partial charge in [-0.15, -0.1) is 5.10 Å². The second-order valence-electron chi connectivity index (χ2n) is 4.81. The van der Waals surface area contributed by atoms with Gasteiger partial charge in [-0.3, -0.25) is 10.1 Å². The zero-order valence-corrected chi connectivity index (χ0v) is 13.5. The molecule has 0 unspecified atom stereocenters. The van der Waals surface area contributed by atoms with Crippen LogP contribution in [0.25, 0.3) is 11.5 Å². The lowest BCUT2D eigenvalue weighted by atomic mass is 10.1. The van der Waals surface area contributed by atoms with Gasteiger partial charge in [0.1, 0.15) is 0 Å². The van der Waals surface area contributed by atoms with Crippen molar-refractivity contribution in [2.24, 2.45) is 0 Å². The van der Waals surface area contributed by atoms with Crippen molar-refractivity contribution in [3.8, 4) is 11.5 Å². The van der Waals surface area contributed by atoms with Crippen molar-refractivity contribution >= 4 is 35.1 Å². The largest absolute Gasteiger partial charge is 0.403 e. The van der Waals surface area contributed by atoms with E-state index in [9.17, 15) is 4.79 Å². The third-order valence-corrected chi connectivity index (χ3v) is 3.76. The van der Waals surface area contributed by atoms with Gasteiger partial charge < -0.3 is 4.42 Å². The number of carbonyl (C=O) groups is 1. The van der Waals surface area contributed by atoms with Crippen LogP contribution in [-0.4, -0.2) is 16.1 Å². The lowest BCUT2D eigenvalue weighted by molar-refractivity contribution is 0.102. The van der Waals surface area contributed by atoms with Crippen LogP contribution in [0.1, 0.15) is 15.9 Å². The summed E-state index contributed by atoms with van der Waals surface area (Å²) in [4.78, 5) is 12.2. The Morgan fingerprint density at radius 2 is 1.91 bits per heavy atom. The summed E-state index contributed by atoms with van der Waals surface area (Å²) in [6.45, 7) is 1.85. The Labute approximate surface area is 142 Å². The molecule has 2 aromatic carbocycles. The number of hydrogen-bond donors (Lipinski definition) is 1. The Balaban J connectivity index is 1.84. The van der Waals surface area contributed by atoms with E-state index < -0.39 is 0 Å². The van der Waals surface area contributed by atoms with E-state index in [0.717, 1.165) is 5.56 Å². The monoisotopic (exact) mass is 347 g/mol. The summed E-state index contributed by atoms with van der Waals surface area (Å²) in [7, 11) is 0. The molecule has 0 radical (unpaired) electrons. The van der Waals surface area contributed by atoms with Crippen molar-refractivity contribution in [2.45, 2.75) is 6.92 Å². The number of aryl methyl sites for hydroxylation is 1. The molecule has 0 saturated heterocycles. The van der Waals surface area contributed by atoms with Crippen LogP contribution in [0.2, 0.25) is 10.0 Å². The third-order valence-electron chi connectivity index (χ3n) is 3.19. The number of nitrogens with one attached hydrogen (secondary N) is 1. The molecule has 0 saturated carbocycles. The van der Waals surface area contributed by atoms with Crippen LogP contribution < -0.4 is 5.32 Å². The molecule has 23 heavy (non-hydrogen) atoms. The van der Waals surface area contributed by atoms with E-state index in [4.69, 9.17) is 27.6 Å². The molecule has 1 amide bonds. The number of benzene rings is 2. The maximum Gasteiger partial charge on any atom is 0.322 e. The molecule has 0 spiro atoms. The summed E-state index contributed by atoms with van der Waals surface area (Å²) in [6, 6.07) is 12.1. The summed E-state index contributed by atoms with van der Waals surface area (Å²) in [5.74, 6) is -0.145. The van der Waals surface area contributed by atoms with Crippen molar-refractivity contribution in [3.05, 3.63) is 63.6 Å². The van der Waals surface area contributed by atoms with E-state index in [1.54, 1.807) is 30.3 Å². The smallest absolute Gasteiger partial charge is 0.322 e. The predicted molar refractivity (Wildman–Crippen MR) is 88.9 cm³/mol. The number of amides is 1. The Kier molecular flexibility index (Phi) is 4.32. The standard InChI is InChI=1S/C16H11Cl2N3O2/c1-9-4-2-3-5-11(9)14(22)19-16-21-20-15(23-16)12-8-10(17)6-7-13(12)18/h2-8H,1H3,(H,19,21,22). The maximum atomic E-state index is 12.2. The van der Waals surface area contributed by atoms with Gasteiger partial charge in [0.15, 0.2) is 0 Å². The Morgan fingerprint density at radius 3 is 2.70 bits per heavy atom. The first-order chi connectivity index (χ1) is 11.0. The SMILES string of the molecule is Cc1ccccc1C(=O)Nc1nnc(-c2cc(Cl)ccc2Cl)o1. The molecule has 0 aliphatic carbocycles. The minimum atomic E-state index is -0.324. The normalized spacial score (nSPS) is 10.6. The number of halogens is 2. The minimum absolute atomic E-state index is 0.00991. The highest BCUT2D eigenvalue weighted by Crippen LogP contribution is 2.30. The van der Waals surface area contributed by atoms with Gasteiger partial charge in [-0.1, -0.05) is 46.5 Å². The van der Waals surface area contributed by atoms with Crippen LogP contribution in [0.4, 0.5) is 6.01 Å². The third kappa shape index (κ3) is 3.36. The van der Waals surface area contributed by atoms with Crippen LogP contribution in [0, 0.1) is 6.92 Å². The molecule has 1 heterocycles. The van der Waals surface area contributed by atoms with Crippen molar-refractivity contribution in [3.63, 3.8) is 0 Å². The second-order valence-corrected chi connectivity index (χ2v) is 5.65. The summed E-state index contributed by atoms with van der Waals surface area (Å²) >= 11 is 12.0. The first kappa shape index (κ1) is 15.5. The molecule has 1 aromatic heterocycles. The minimum Gasteiger partial charge on any atom is -0.403 e. The Morgan fingerprint density at radius 1 is 1.13 bits per heavy atom. The zero-order chi connectivity index (χ0) is 16.4. The molecule has 116 valence electrons. The molecule has 5 nitrogen and oxygen atoms in total. The predicted octanol–water partition coefficient (Wildman–Crippen LogP) is 4.60. The molecule has 0 bridgehead atoms. The highest BCUT2D eigenvalue weighted by atomic mass is 35.5. The van der Waals surface area contributed by atoms with Gasteiger partial charge in [0, 0.05) is 10.6 Å². The molecule has 0 atom stereocenters. The summed E-state index contributed by atoms with van der Waals surface area (Å²) in [6.07, 6.45) is 0. The van der Waals surface area contributed by atoms with Crippen LogP contribution >= 0.6 is 23.2 Å². The first-order valence-electron chi connectivity index (χ1n) is 6.70. The molecular weight excluding hydrogens is 337 g/mol. The van der Waals surface area contributed by atoms with E-state index in [2.05, 4.69) is 15.5 Å². The zero-order valence-electron chi connectivity index (χ0n) is 12.0. The number of carbonyl (C=O) groups excluding carboxylic acids is 1. The molecular formula is C16H11Cl2N3O2. The van der Waals surface area contributed by atoms with Crippen LogP contribution in [0.5, 0.6) is 0 Å². The molecule has 1 N–H and O–H groups in total. The van der Waals surface area contributed by atoms with Gasteiger partial charge in [-0.2, -0.15) is 0 Å². The van der Waals surface area contributed by atoms with E-state index in [-0.39, 0.29) is 17.8 Å². The fourth-order valence-corrected chi connectivity index (χ4v) is 2.41. The number of aromatic nitrogens is 2. The second kappa shape index (κ2) is 6.40. The number of hydrogen-bond acceptors (Lipinski definition) is 4. The molecule has 7 heteroatoms. The highest BCUT2D eigenvalue weighted by molar-refractivity contribution is 6.35. The number of rotatable bonds is 3. The lowest BCUT2D eigenvalue weighted by Gasteiger charge is -2.03. The van der Waals surface area contributed by atoms with E-state index in [0.29, 0.717) is 21.2 Å². The molecule has 0 fully saturated rings. The van der Waals surface area contributed by atoms with Gasteiger partial charge in [0.05, 0.1) is 10.6 Å². The van der Waals surface area contributed by atoms with E-state index in [1.165, 1.54) is 0 Å². The van der Waals surface area contributed by atoms with Gasteiger partial charge >= 0.3 is 6.01 Å². The van der Waals surface area contributed by atoms with Crippen molar-refractivity contribution in [1.29, 1.82) is 0 Å². The maximum absolute atomic E-state index is 12.2. The van der Waals surface area contributed by atoms with Crippen molar-refractivity contribution < 1.29 is 9.21 Å². The topological polar surface area (TPSA) is 68.0 Å². The Bertz CT molecular complexity index is 877. The molecule has 0 aliphatic heterocycles. The lowest BCUT2D eigenvalue weighted by Crippen LogP contribution is -2.13. The average Bonchev–Trinajstić information content (AvgIpc) is 2.98. The summed E-state index contributed by atoms with van der Waals surface area (Å²) in [5.41, 5.74) is 1.89. The number of anilines is 1. The fourth-order valence-electron chi connectivity index (χ4n) is 2.04. The summed E-state index contributed by atoms with van der Waals surface area (Å²) in [5, 5.41) is 11.2. The molecule has 3 rings (SSSR count). The highest BCUT2D eigenvalue weighted by Gasteiger charge is 2.16. The van der Waals surface area contributed by atoms with E-state index >= 15 is 0 Å². The van der Waals surface area contributed by atoms with Gasteiger partial charge in [0.2, 0.25) is 0 Å². The Hall–Kier alpha value is -2.37. The van der Waals surface area contributed by atoms with Gasteiger partial charge in [-0.25, -0.2) is 0 Å². The van der Waals surface area contributed by atoms with E-state index in [1.807, 2.05) is 19.1 Å². The van der Waals surface area contributed by atoms with Crippen molar-refractivity contribution in [1.82, 2.24) is 10.2 Å². The molecule has 0 aliphatic rings. The quantitative estimate of drug-likeness (QED) is 0.751. The average molecular weight is 348 g/mol. The van der Waals surface area contributed by atoms with Crippen LogP contribution in [0.15, 0.2) is 46.9 Å². The number of nitrogens with zero attached hydrogens (tertiary/aromatic N) is 2. The fraction of sp³-hybridized carbons (Fsp3) is 0.0625. The van der Waals surface area contributed by atoms with Crippen LogP contribution in [0.3, 0.4) is 0 Å². The van der Waals surface area contributed by atoms with Crippen molar-refractivity contribution in [2.75, 3.05) is 5.32 Å². The van der Waals surface area contributed by atoms with Gasteiger partial charge in [0.25, 0.3) is 11.8 Å². The van der Waals surface area contributed by atoms with Crippen LogP contribution in [-0.2, 0) is 0 Å². The van der Waals surface area contributed by atoms with Gasteiger partial charge in [-0.05, 0) is 36.8 Å².